The second kappa shape index (κ2) is 7.94. The summed E-state index contributed by atoms with van der Waals surface area (Å²) in [7, 11) is -3.85. The zero-order valence-corrected chi connectivity index (χ0v) is 14.0. The fourth-order valence-electron chi connectivity index (χ4n) is 2.21. The van der Waals surface area contributed by atoms with Crippen molar-refractivity contribution in [1.82, 2.24) is 4.72 Å². The number of nitrogens with one attached hydrogen (secondary N) is 1. The van der Waals surface area contributed by atoms with Crippen molar-refractivity contribution in [1.29, 1.82) is 0 Å². The molecule has 1 atom stereocenters. The van der Waals surface area contributed by atoms with Gasteiger partial charge < -0.3 is 14.6 Å². The number of ether oxygens (including phenoxy) is 1. The van der Waals surface area contributed by atoms with Crippen LogP contribution in [0, 0.1) is 0 Å². The van der Waals surface area contributed by atoms with Gasteiger partial charge in [-0.25, -0.2) is 13.1 Å². The van der Waals surface area contributed by atoms with Gasteiger partial charge in [-0.15, -0.1) is 0 Å². The molecule has 0 radical (unpaired) electrons. The van der Waals surface area contributed by atoms with E-state index in [4.69, 9.17) is 4.74 Å². The van der Waals surface area contributed by atoms with Crippen molar-refractivity contribution in [2.75, 3.05) is 6.61 Å². The van der Waals surface area contributed by atoms with Crippen LogP contribution in [0.2, 0.25) is 0 Å². The summed E-state index contributed by atoms with van der Waals surface area (Å²) >= 11 is 0. The minimum atomic E-state index is -3.85. The number of rotatable bonds is 8. The number of aliphatic carboxylic acids is 1. The third-order valence-corrected chi connectivity index (χ3v) is 4.80. The van der Waals surface area contributed by atoms with E-state index < -0.39 is 28.5 Å². The van der Waals surface area contributed by atoms with Gasteiger partial charge in [-0.1, -0.05) is 30.3 Å². The van der Waals surface area contributed by atoms with Gasteiger partial charge in [0.1, 0.15) is 5.75 Å². The van der Waals surface area contributed by atoms with Crippen molar-refractivity contribution < 1.29 is 23.1 Å². The number of carboxylic acid groups (broad SMARTS) is 1. The molecule has 0 aliphatic rings. The lowest BCUT2D eigenvalue weighted by Crippen LogP contribution is -2.34. The normalized spacial score (nSPS) is 12.5. The SMILES string of the molecule is CCOc1ccc([C@H](CC(=O)[O-])NS(=O)(=O)c2ccccc2)cc1. The van der Waals surface area contributed by atoms with E-state index in [1.165, 1.54) is 12.1 Å². The van der Waals surface area contributed by atoms with Crippen LogP contribution in [-0.4, -0.2) is 21.0 Å². The second-order valence-electron chi connectivity index (χ2n) is 5.07. The molecule has 0 bridgehead atoms. The molecule has 0 aromatic heterocycles. The first kappa shape index (κ1) is 18.0. The van der Waals surface area contributed by atoms with E-state index in [1.54, 1.807) is 42.5 Å². The molecule has 1 N–H and O–H groups in total. The van der Waals surface area contributed by atoms with Crippen LogP contribution in [0.15, 0.2) is 59.5 Å². The first-order valence-corrected chi connectivity index (χ1v) is 8.90. The fourth-order valence-corrected chi connectivity index (χ4v) is 3.46. The van der Waals surface area contributed by atoms with Gasteiger partial charge in [0.15, 0.2) is 0 Å². The van der Waals surface area contributed by atoms with Crippen LogP contribution >= 0.6 is 0 Å². The molecule has 7 heteroatoms. The Morgan fingerprint density at radius 3 is 2.29 bits per heavy atom. The Kier molecular flexibility index (Phi) is 5.94. The molecule has 2 aromatic carbocycles. The molecule has 0 aliphatic carbocycles. The van der Waals surface area contributed by atoms with Crippen molar-refractivity contribution in [3.8, 4) is 5.75 Å². The van der Waals surface area contributed by atoms with Crippen LogP contribution in [0.4, 0.5) is 0 Å². The summed E-state index contributed by atoms with van der Waals surface area (Å²) in [6.07, 6.45) is -0.472. The predicted molar refractivity (Wildman–Crippen MR) is 86.7 cm³/mol. The summed E-state index contributed by atoms with van der Waals surface area (Å²) in [5, 5.41) is 11.0. The van der Waals surface area contributed by atoms with Gasteiger partial charge >= 0.3 is 0 Å². The summed E-state index contributed by atoms with van der Waals surface area (Å²) in [6.45, 7) is 2.35. The van der Waals surface area contributed by atoms with Gasteiger partial charge in [-0.3, -0.25) is 0 Å². The Labute approximate surface area is 141 Å². The van der Waals surface area contributed by atoms with Crippen LogP contribution in [0.1, 0.15) is 24.9 Å². The Hall–Kier alpha value is -2.38. The first-order chi connectivity index (χ1) is 11.4. The van der Waals surface area contributed by atoms with Gasteiger partial charge in [0.2, 0.25) is 10.0 Å². The molecule has 24 heavy (non-hydrogen) atoms. The Morgan fingerprint density at radius 2 is 1.75 bits per heavy atom. The third-order valence-electron chi connectivity index (χ3n) is 3.32. The van der Waals surface area contributed by atoms with E-state index in [9.17, 15) is 18.3 Å². The van der Waals surface area contributed by atoms with Crippen molar-refractivity contribution in [3.63, 3.8) is 0 Å². The van der Waals surface area contributed by atoms with Crippen LogP contribution < -0.4 is 14.6 Å². The van der Waals surface area contributed by atoms with E-state index in [-0.39, 0.29) is 4.90 Å². The van der Waals surface area contributed by atoms with E-state index in [0.717, 1.165) is 0 Å². The number of hydrogen-bond acceptors (Lipinski definition) is 5. The predicted octanol–water partition coefficient (Wildman–Crippen LogP) is 1.24. The summed E-state index contributed by atoms with van der Waals surface area (Å²) in [4.78, 5) is 11.1. The smallest absolute Gasteiger partial charge is 0.241 e. The maximum absolute atomic E-state index is 12.4. The highest BCUT2D eigenvalue weighted by molar-refractivity contribution is 7.89. The summed E-state index contributed by atoms with van der Waals surface area (Å²) in [5.74, 6) is -0.719. The third kappa shape index (κ3) is 4.81. The molecule has 0 amide bonds. The lowest BCUT2D eigenvalue weighted by Gasteiger charge is -2.20. The van der Waals surface area contributed by atoms with E-state index in [1.807, 2.05) is 6.92 Å². The average Bonchev–Trinajstić information content (AvgIpc) is 2.55. The average molecular weight is 348 g/mol. The highest BCUT2D eigenvalue weighted by Gasteiger charge is 2.21. The lowest BCUT2D eigenvalue weighted by molar-refractivity contribution is -0.306. The number of carbonyl (C=O) groups excluding carboxylic acids is 1. The highest BCUT2D eigenvalue weighted by Crippen LogP contribution is 2.22. The van der Waals surface area contributed by atoms with Crippen LogP contribution in [0.25, 0.3) is 0 Å². The molecule has 2 rings (SSSR count). The number of carbonyl (C=O) groups is 1. The van der Waals surface area contributed by atoms with Crippen molar-refractivity contribution >= 4 is 16.0 Å². The molecule has 0 unspecified atom stereocenters. The molecule has 0 saturated heterocycles. The molecular weight excluding hydrogens is 330 g/mol. The monoisotopic (exact) mass is 348 g/mol. The quantitative estimate of drug-likeness (QED) is 0.774. The lowest BCUT2D eigenvalue weighted by atomic mass is 10.0. The summed E-state index contributed by atoms with van der Waals surface area (Å²) in [5.41, 5.74) is 0.516. The number of hydrogen-bond donors (Lipinski definition) is 1. The van der Waals surface area contributed by atoms with Gasteiger partial charge in [0, 0.05) is 12.4 Å². The van der Waals surface area contributed by atoms with E-state index in [2.05, 4.69) is 4.72 Å². The molecule has 128 valence electrons. The zero-order chi connectivity index (χ0) is 17.6. The van der Waals surface area contributed by atoms with Gasteiger partial charge in [-0.2, -0.15) is 0 Å². The molecule has 0 fully saturated rings. The zero-order valence-electron chi connectivity index (χ0n) is 13.1. The van der Waals surface area contributed by atoms with Gasteiger partial charge in [0.05, 0.1) is 17.5 Å². The van der Waals surface area contributed by atoms with E-state index in [0.29, 0.717) is 17.9 Å². The number of benzene rings is 2. The molecule has 0 aliphatic heterocycles. The Morgan fingerprint density at radius 1 is 1.12 bits per heavy atom. The molecular formula is C17H18NO5S-. The minimum Gasteiger partial charge on any atom is -0.550 e. The van der Waals surface area contributed by atoms with E-state index >= 15 is 0 Å². The Balaban J connectivity index is 2.27. The number of carboxylic acids is 1. The van der Waals surface area contributed by atoms with Crippen LogP contribution in [-0.2, 0) is 14.8 Å². The molecule has 0 heterocycles. The molecule has 2 aromatic rings. The topological polar surface area (TPSA) is 95.5 Å². The maximum Gasteiger partial charge on any atom is 0.241 e. The highest BCUT2D eigenvalue weighted by atomic mass is 32.2. The van der Waals surface area contributed by atoms with Gasteiger partial charge in [0.25, 0.3) is 0 Å². The maximum atomic E-state index is 12.4. The first-order valence-electron chi connectivity index (χ1n) is 7.42. The molecule has 0 saturated carbocycles. The van der Waals surface area contributed by atoms with Crippen molar-refractivity contribution in [2.24, 2.45) is 0 Å². The van der Waals surface area contributed by atoms with Gasteiger partial charge in [-0.05, 0) is 36.8 Å². The van der Waals surface area contributed by atoms with Crippen molar-refractivity contribution in [2.45, 2.75) is 24.3 Å². The summed E-state index contributed by atoms with van der Waals surface area (Å²) < 4.78 is 32.6. The number of sulfonamides is 1. The largest absolute Gasteiger partial charge is 0.550 e. The second-order valence-corrected chi connectivity index (χ2v) is 6.78. The summed E-state index contributed by atoms with van der Waals surface area (Å²) in [6, 6.07) is 13.4. The fraction of sp³-hybridized carbons (Fsp3) is 0.235. The van der Waals surface area contributed by atoms with Crippen LogP contribution in [0.3, 0.4) is 0 Å². The standard InChI is InChI=1S/C17H19NO5S/c1-2-23-14-10-8-13(9-11-14)16(12-17(19)20)18-24(21,22)15-6-4-3-5-7-15/h3-11,16,18H,2,12H2,1H3,(H,19,20)/p-1/t16-/m0/s1. The van der Waals surface area contributed by atoms with Crippen LogP contribution in [0.5, 0.6) is 5.75 Å². The molecule has 6 nitrogen and oxygen atoms in total. The Bertz CT molecular complexity index is 772. The van der Waals surface area contributed by atoms with Crippen molar-refractivity contribution in [3.05, 3.63) is 60.2 Å². The molecule has 0 spiro atoms. The minimum absolute atomic E-state index is 0.0688.